The molecule has 1 fully saturated rings. The molecule has 0 aromatic rings. The SMILES string of the molecule is N#CC1(O)CCN(C=S)CC1. The van der Waals surface area contributed by atoms with Gasteiger partial charge in [0, 0.05) is 25.9 Å². The van der Waals surface area contributed by atoms with E-state index < -0.39 is 5.60 Å². The number of hydrogen-bond acceptors (Lipinski definition) is 3. The van der Waals surface area contributed by atoms with E-state index in [4.69, 9.17) is 17.5 Å². The number of nitriles is 1. The van der Waals surface area contributed by atoms with Crippen LogP contribution in [0.3, 0.4) is 0 Å². The van der Waals surface area contributed by atoms with Crippen molar-refractivity contribution in [2.24, 2.45) is 0 Å². The standard InChI is InChI=1S/C7H10N2OS/c8-5-7(10)1-3-9(6-11)4-2-7/h6,10H,1-4H2. The first-order valence-electron chi connectivity index (χ1n) is 3.53. The lowest BCUT2D eigenvalue weighted by molar-refractivity contribution is 0.0453. The Labute approximate surface area is 71.2 Å². The van der Waals surface area contributed by atoms with Gasteiger partial charge in [-0.05, 0) is 0 Å². The van der Waals surface area contributed by atoms with Crippen LogP contribution in [0.5, 0.6) is 0 Å². The molecule has 0 aliphatic carbocycles. The van der Waals surface area contributed by atoms with Gasteiger partial charge in [-0.1, -0.05) is 12.2 Å². The van der Waals surface area contributed by atoms with Crippen LogP contribution in [0.4, 0.5) is 0 Å². The smallest absolute Gasteiger partial charge is 0.154 e. The number of piperidine rings is 1. The van der Waals surface area contributed by atoms with Gasteiger partial charge in [-0.25, -0.2) is 0 Å². The quantitative estimate of drug-likeness (QED) is 0.454. The monoisotopic (exact) mass is 170 g/mol. The van der Waals surface area contributed by atoms with Crippen LogP contribution < -0.4 is 0 Å². The lowest BCUT2D eigenvalue weighted by atomic mass is 9.94. The second-order valence-electron chi connectivity index (χ2n) is 2.78. The van der Waals surface area contributed by atoms with Crippen LogP contribution >= 0.6 is 12.2 Å². The van der Waals surface area contributed by atoms with Gasteiger partial charge in [0.05, 0.1) is 11.6 Å². The summed E-state index contributed by atoms with van der Waals surface area (Å²) in [5.74, 6) is 0. The van der Waals surface area contributed by atoms with E-state index in [-0.39, 0.29) is 0 Å². The van der Waals surface area contributed by atoms with Gasteiger partial charge in [0.1, 0.15) is 0 Å². The van der Waals surface area contributed by atoms with Gasteiger partial charge in [0.2, 0.25) is 0 Å². The fraction of sp³-hybridized carbons (Fsp3) is 0.714. The molecule has 0 amide bonds. The second-order valence-corrected chi connectivity index (χ2v) is 3.00. The van der Waals surface area contributed by atoms with Gasteiger partial charge in [-0.2, -0.15) is 5.26 Å². The Hall–Kier alpha value is -0.660. The van der Waals surface area contributed by atoms with Crippen LogP contribution in [0.15, 0.2) is 0 Å². The molecule has 11 heavy (non-hydrogen) atoms. The van der Waals surface area contributed by atoms with Gasteiger partial charge in [0.15, 0.2) is 5.60 Å². The Morgan fingerprint density at radius 2 is 2.09 bits per heavy atom. The summed E-state index contributed by atoms with van der Waals surface area (Å²) in [6.45, 7) is 1.38. The van der Waals surface area contributed by atoms with Crippen LogP contribution in [-0.2, 0) is 0 Å². The molecule has 0 radical (unpaired) electrons. The molecule has 1 heterocycles. The molecule has 1 aliphatic rings. The van der Waals surface area contributed by atoms with Crippen molar-refractivity contribution in [2.45, 2.75) is 18.4 Å². The largest absolute Gasteiger partial charge is 0.375 e. The Kier molecular flexibility index (Phi) is 2.42. The number of aliphatic hydroxyl groups is 1. The van der Waals surface area contributed by atoms with Crippen LogP contribution in [0, 0.1) is 11.3 Å². The van der Waals surface area contributed by atoms with Crippen LogP contribution in [0.2, 0.25) is 0 Å². The zero-order chi connectivity index (χ0) is 8.32. The molecule has 3 nitrogen and oxygen atoms in total. The third kappa shape index (κ3) is 1.88. The minimum atomic E-state index is -1.10. The fourth-order valence-corrected chi connectivity index (χ4v) is 1.32. The summed E-state index contributed by atoms with van der Waals surface area (Å²) in [5, 5.41) is 18.0. The highest BCUT2D eigenvalue weighted by Gasteiger charge is 2.30. The minimum absolute atomic E-state index is 0.497. The lowest BCUT2D eigenvalue weighted by Crippen LogP contribution is -2.42. The van der Waals surface area contributed by atoms with E-state index in [0.717, 1.165) is 0 Å². The van der Waals surface area contributed by atoms with E-state index in [1.165, 1.54) is 0 Å². The molecule has 0 unspecified atom stereocenters. The average molecular weight is 170 g/mol. The Morgan fingerprint density at radius 3 is 2.45 bits per heavy atom. The van der Waals surface area contributed by atoms with Gasteiger partial charge in [-0.3, -0.25) is 0 Å². The van der Waals surface area contributed by atoms with Crippen LogP contribution in [0.1, 0.15) is 12.8 Å². The van der Waals surface area contributed by atoms with E-state index in [2.05, 4.69) is 0 Å². The molecule has 0 aromatic carbocycles. The Morgan fingerprint density at radius 1 is 1.55 bits per heavy atom. The molecule has 0 aromatic heterocycles. The van der Waals surface area contributed by atoms with Crippen molar-refractivity contribution in [3.05, 3.63) is 0 Å². The van der Waals surface area contributed by atoms with Gasteiger partial charge in [0.25, 0.3) is 0 Å². The summed E-state index contributed by atoms with van der Waals surface area (Å²) < 4.78 is 0. The molecule has 1 rings (SSSR count). The van der Waals surface area contributed by atoms with E-state index in [0.29, 0.717) is 25.9 Å². The summed E-state index contributed by atoms with van der Waals surface area (Å²) in [4.78, 5) is 1.93. The highest BCUT2D eigenvalue weighted by molar-refractivity contribution is 7.78. The molecule has 1 saturated heterocycles. The topological polar surface area (TPSA) is 47.3 Å². The first-order chi connectivity index (χ1) is 5.20. The average Bonchev–Trinajstić information content (AvgIpc) is 2.06. The van der Waals surface area contributed by atoms with E-state index in [1.807, 2.05) is 11.0 Å². The van der Waals surface area contributed by atoms with Crippen molar-refractivity contribution in [3.8, 4) is 6.07 Å². The van der Waals surface area contributed by atoms with Gasteiger partial charge < -0.3 is 10.0 Å². The molecule has 0 saturated carbocycles. The van der Waals surface area contributed by atoms with Crippen molar-refractivity contribution < 1.29 is 5.11 Å². The lowest BCUT2D eigenvalue weighted by Gasteiger charge is -2.32. The highest BCUT2D eigenvalue weighted by atomic mass is 32.1. The molecule has 0 spiro atoms. The molecular formula is C7H10N2OS. The summed E-state index contributed by atoms with van der Waals surface area (Å²) in [6.07, 6.45) is 0.993. The van der Waals surface area contributed by atoms with Crippen molar-refractivity contribution in [2.75, 3.05) is 13.1 Å². The fourth-order valence-electron chi connectivity index (χ4n) is 1.11. The highest BCUT2D eigenvalue weighted by Crippen LogP contribution is 2.19. The first kappa shape index (κ1) is 8.44. The molecule has 4 heteroatoms. The van der Waals surface area contributed by atoms with E-state index >= 15 is 0 Å². The van der Waals surface area contributed by atoms with Crippen molar-refractivity contribution in [3.63, 3.8) is 0 Å². The van der Waals surface area contributed by atoms with Crippen molar-refractivity contribution >= 4 is 17.7 Å². The predicted octanol–water partition coefficient (Wildman–Crippen LogP) is 0.294. The predicted molar refractivity (Wildman–Crippen MR) is 45.0 cm³/mol. The Balaban J connectivity index is 2.49. The van der Waals surface area contributed by atoms with Crippen molar-refractivity contribution in [1.82, 2.24) is 4.90 Å². The zero-order valence-electron chi connectivity index (χ0n) is 6.16. The molecule has 0 atom stereocenters. The molecular weight excluding hydrogens is 160 g/mol. The third-order valence-corrected chi connectivity index (χ3v) is 2.28. The normalized spacial score (nSPS) is 22.4. The minimum Gasteiger partial charge on any atom is -0.375 e. The number of hydrogen-bond donors (Lipinski definition) is 1. The maximum atomic E-state index is 9.46. The van der Waals surface area contributed by atoms with E-state index in [9.17, 15) is 5.11 Å². The van der Waals surface area contributed by atoms with Crippen molar-refractivity contribution in [1.29, 1.82) is 5.26 Å². The number of thiocarbonyl (C=S) groups is 1. The molecule has 60 valence electrons. The maximum Gasteiger partial charge on any atom is 0.154 e. The molecule has 1 N–H and O–H groups in total. The van der Waals surface area contributed by atoms with Crippen LogP contribution in [-0.4, -0.2) is 34.2 Å². The summed E-state index contributed by atoms with van der Waals surface area (Å²) in [6, 6.07) is 1.91. The first-order valence-corrected chi connectivity index (χ1v) is 4.00. The number of likely N-dealkylation sites (tertiary alicyclic amines) is 1. The van der Waals surface area contributed by atoms with E-state index in [1.54, 1.807) is 5.49 Å². The van der Waals surface area contributed by atoms with Gasteiger partial charge >= 0.3 is 0 Å². The number of nitrogens with zero attached hydrogens (tertiary/aromatic N) is 2. The number of rotatable bonds is 1. The Bertz CT molecular complexity index is 191. The summed E-state index contributed by atoms with van der Waals surface area (Å²) >= 11 is 4.72. The molecule has 1 aliphatic heterocycles. The maximum absolute atomic E-state index is 9.46. The third-order valence-electron chi connectivity index (χ3n) is 1.98. The zero-order valence-corrected chi connectivity index (χ0v) is 6.97. The summed E-state index contributed by atoms with van der Waals surface area (Å²) in [7, 11) is 0. The summed E-state index contributed by atoms with van der Waals surface area (Å²) in [5.41, 5.74) is 0.478. The van der Waals surface area contributed by atoms with Gasteiger partial charge in [-0.15, -0.1) is 0 Å². The second kappa shape index (κ2) is 3.16. The molecule has 0 bridgehead atoms. The van der Waals surface area contributed by atoms with Crippen LogP contribution in [0.25, 0.3) is 0 Å².